The van der Waals surface area contributed by atoms with Gasteiger partial charge in [0.05, 0.1) is 37.1 Å². The lowest BCUT2D eigenvalue weighted by Gasteiger charge is -2.52. The van der Waals surface area contributed by atoms with Crippen molar-refractivity contribution in [3.8, 4) is 0 Å². The summed E-state index contributed by atoms with van der Waals surface area (Å²) in [5.74, 6) is -1.12. The van der Waals surface area contributed by atoms with Crippen LogP contribution in [0, 0.1) is 16.7 Å². The van der Waals surface area contributed by atoms with Crippen LogP contribution in [0.2, 0.25) is 0 Å². The maximum atomic E-state index is 14.0. The number of ketones is 1. The fraction of sp³-hybridized carbons (Fsp3) is 0.816. The Balaban J connectivity index is 1.04. The number of amides is 3. The molecule has 7 atom stereocenters. The highest BCUT2D eigenvalue weighted by atomic mass is 16.6. The molecule has 2 bridgehead atoms. The van der Waals surface area contributed by atoms with E-state index >= 15 is 0 Å². The lowest BCUT2D eigenvalue weighted by atomic mass is 9.53. The van der Waals surface area contributed by atoms with Gasteiger partial charge in [0, 0.05) is 36.8 Å². The van der Waals surface area contributed by atoms with Crippen molar-refractivity contribution in [2.45, 2.75) is 141 Å². The van der Waals surface area contributed by atoms with Crippen molar-refractivity contribution in [2.24, 2.45) is 16.7 Å². The summed E-state index contributed by atoms with van der Waals surface area (Å²) in [6, 6.07) is -1.01. The summed E-state index contributed by atoms with van der Waals surface area (Å²) in [6.45, 7) is 10.3. The fourth-order valence-corrected chi connectivity index (χ4v) is 8.79. The Morgan fingerprint density at radius 3 is 2.20 bits per heavy atom. The zero-order valence-electron chi connectivity index (χ0n) is 31.4. The normalized spacial score (nSPS) is 35.3. The molecular formula is C38H59N3O10. The van der Waals surface area contributed by atoms with Crippen molar-refractivity contribution in [3.63, 3.8) is 0 Å². The lowest BCUT2D eigenvalue weighted by molar-refractivity contribution is -0.153. The number of carbonyl (C=O) groups excluding carboxylic acids is 5. The van der Waals surface area contributed by atoms with E-state index in [1.165, 1.54) is 12.5 Å². The summed E-state index contributed by atoms with van der Waals surface area (Å²) in [6.07, 6.45) is 9.34. The third-order valence-corrected chi connectivity index (χ3v) is 12.3. The third kappa shape index (κ3) is 8.69. The molecule has 6 aliphatic rings. The van der Waals surface area contributed by atoms with Crippen molar-refractivity contribution in [2.75, 3.05) is 40.1 Å². The van der Waals surface area contributed by atoms with Crippen LogP contribution in [0.15, 0.2) is 11.6 Å². The number of Topliss-reactive ketones (excluding diaryl/α,β-unsaturated/α-hetero) is 1. The molecule has 4 aliphatic carbocycles. The van der Waals surface area contributed by atoms with E-state index in [0.717, 1.165) is 19.3 Å². The molecule has 6 rings (SSSR count). The number of carbonyl (C=O) groups is 5. The van der Waals surface area contributed by atoms with Crippen LogP contribution in [0.1, 0.15) is 105 Å². The summed E-state index contributed by atoms with van der Waals surface area (Å²) in [5, 5.41) is 8.95. The first-order chi connectivity index (χ1) is 24.2. The number of hydrogen-bond donors (Lipinski definition) is 3. The summed E-state index contributed by atoms with van der Waals surface area (Å²) in [7, 11) is 1.73. The molecule has 6 fully saturated rings. The van der Waals surface area contributed by atoms with E-state index < -0.39 is 28.7 Å². The average molecular weight is 718 g/mol. The minimum absolute atomic E-state index is 0.00522. The molecule has 2 heterocycles. The molecule has 286 valence electrons. The van der Waals surface area contributed by atoms with E-state index in [1.54, 1.807) is 14.0 Å². The van der Waals surface area contributed by atoms with E-state index in [4.69, 9.17) is 23.7 Å². The maximum Gasteiger partial charge on any atom is 0.328 e. The summed E-state index contributed by atoms with van der Waals surface area (Å²) in [5.41, 5.74) is -0.309. The number of nitrogens with one attached hydrogen (secondary N) is 3. The number of epoxide rings is 2. The van der Waals surface area contributed by atoms with E-state index in [0.29, 0.717) is 64.5 Å². The van der Waals surface area contributed by atoms with Gasteiger partial charge in [0.2, 0.25) is 17.7 Å². The van der Waals surface area contributed by atoms with Gasteiger partial charge in [0.15, 0.2) is 5.78 Å². The predicted octanol–water partition coefficient (Wildman–Crippen LogP) is 3.07. The molecule has 13 heteroatoms. The lowest BCUT2D eigenvalue weighted by Crippen LogP contribution is -2.62. The van der Waals surface area contributed by atoms with Crippen molar-refractivity contribution >= 4 is 29.5 Å². The predicted molar refractivity (Wildman–Crippen MR) is 186 cm³/mol. The van der Waals surface area contributed by atoms with Crippen LogP contribution in [-0.4, -0.2) is 105 Å². The number of rotatable bonds is 18. The largest absolute Gasteiger partial charge is 0.464 e. The molecule has 0 aromatic carbocycles. The molecule has 0 radical (unpaired) electrons. The van der Waals surface area contributed by atoms with E-state index in [2.05, 4.69) is 42.8 Å². The smallest absolute Gasteiger partial charge is 0.328 e. The summed E-state index contributed by atoms with van der Waals surface area (Å²) < 4.78 is 28.9. The monoisotopic (exact) mass is 717 g/mol. The fourth-order valence-electron chi connectivity index (χ4n) is 8.79. The highest BCUT2D eigenvalue weighted by Crippen LogP contribution is 2.60. The van der Waals surface area contributed by atoms with Gasteiger partial charge in [0.25, 0.3) is 0 Å². The number of fused-ring (bicyclic) bond motifs is 3. The van der Waals surface area contributed by atoms with Gasteiger partial charge in [-0.15, -0.1) is 0 Å². The molecule has 0 aromatic heterocycles. The topological polar surface area (TPSA) is 174 Å². The van der Waals surface area contributed by atoms with Crippen molar-refractivity contribution in [1.82, 2.24) is 16.0 Å². The number of esters is 1. The van der Waals surface area contributed by atoms with Crippen LogP contribution in [0.3, 0.4) is 0 Å². The van der Waals surface area contributed by atoms with Crippen LogP contribution in [0.4, 0.5) is 0 Å². The Labute approximate surface area is 302 Å². The zero-order chi connectivity index (χ0) is 37.0. The standard InChI is InChI=1S/C38H59N3O10/c1-7-26(42)21-48-22-29(43)40-25(4)32(44)49-20-8-19-39-33(45)36-13-16-37(17-14-36,18-15-36)34(46)41-27-11-12-38(23-50-38)31(30(27)47-6)35(5)28(51-35)10-9-24(2)3/h9,25,27-28,30-31H,7-8,10-23H2,1-6H3,(H,39,45)(H,40,43)(H,41,46)/t25-,27+,28+,30+,31+,35?,36?,37?,38-/m0/s1. The summed E-state index contributed by atoms with van der Waals surface area (Å²) >= 11 is 0. The molecular weight excluding hydrogens is 658 g/mol. The molecule has 1 spiro atoms. The Hall–Kier alpha value is -2.87. The van der Waals surface area contributed by atoms with Crippen LogP contribution in [0.25, 0.3) is 0 Å². The molecule has 3 amide bonds. The van der Waals surface area contributed by atoms with Crippen molar-refractivity contribution in [1.29, 1.82) is 0 Å². The molecule has 1 unspecified atom stereocenters. The van der Waals surface area contributed by atoms with Gasteiger partial charge >= 0.3 is 5.97 Å². The Kier molecular flexibility index (Phi) is 12.4. The highest BCUT2D eigenvalue weighted by Gasteiger charge is 2.72. The van der Waals surface area contributed by atoms with Gasteiger partial charge in [-0.1, -0.05) is 18.6 Å². The van der Waals surface area contributed by atoms with Crippen molar-refractivity contribution < 1.29 is 47.7 Å². The van der Waals surface area contributed by atoms with Gasteiger partial charge in [-0.25, -0.2) is 4.79 Å². The second kappa shape index (κ2) is 16.0. The van der Waals surface area contributed by atoms with Crippen molar-refractivity contribution in [3.05, 3.63) is 11.6 Å². The van der Waals surface area contributed by atoms with Gasteiger partial charge in [-0.3, -0.25) is 19.2 Å². The molecule has 3 N–H and O–H groups in total. The SMILES string of the molecule is CCC(=O)COCC(=O)N[C@@H](C)C(=O)OCCCNC(=O)C12CCC(C(=O)N[C@@H]3CC[C@]4(CO4)[C@@H](C4(C)O[C@@H]4CC=C(C)C)[C@@H]3OC)(CC1)CC2. The van der Waals surface area contributed by atoms with Crippen LogP contribution >= 0.6 is 0 Å². The number of methoxy groups -OCH3 is 1. The molecule has 4 saturated carbocycles. The Bertz CT molecular complexity index is 1330. The number of ether oxygens (including phenoxy) is 5. The molecule has 2 saturated heterocycles. The van der Waals surface area contributed by atoms with Gasteiger partial charge in [-0.2, -0.15) is 0 Å². The van der Waals surface area contributed by atoms with Crippen LogP contribution in [0.5, 0.6) is 0 Å². The maximum absolute atomic E-state index is 14.0. The first-order valence-electron chi connectivity index (χ1n) is 18.9. The third-order valence-electron chi connectivity index (χ3n) is 12.3. The van der Waals surface area contributed by atoms with E-state index in [1.807, 2.05) is 0 Å². The first-order valence-corrected chi connectivity index (χ1v) is 18.9. The zero-order valence-corrected chi connectivity index (χ0v) is 31.4. The van der Waals surface area contributed by atoms with Crippen LogP contribution in [-0.2, 0) is 47.7 Å². The van der Waals surface area contributed by atoms with Gasteiger partial charge in [0.1, 0.15) is 24.9 Å². The second-order valence-electron chi connectivity index (χ2n) is 16.0. The van der Waals surface area contributed by atoms with Crippen LogP contribution < -0.4 is 16.0 Å². The molecule has 51 heavy (non-hydrogen) atoms. The number of hydrogen-bond acceptors (Lipinski definition) is 10. The minimum atomic E-state index is -0.873. The Morgan fingerprint density at radius 1 is 0.961 bits per heavy atom. The Morgan fingerprint density at radius 2 is 1.61 bits per heavy atom. The average Bonchev–Trinajstić information content (AvgIpc) is 4.04. The first kappa shape index (κ1) is 39.3. The minimum Gasteiger partial charge on any atom is -0.464 e. The molecule has 13 nitrogen and oxygen atoms in total. The van der Waals surface area contributed by atoms with Gasteiger partial charge < -0.3 is 39.6 Å². The van der Waals surface area contributed by atoms with Gasteiger partial charge in [-0.05, 0) is 91.9 Å². The number of allylic oxidation sites excluding steroid dienone is 1. The quantitative estimate of drug-likeness (QED) is 0.0828. The summed E-state index contributed by atoms with van der Waals surface area (Å²) in [4.78, 5) is 62.9. The molecule has 2 aliphatic heterocycles. The molecule has 0 aromatic rings. The van der Waals surface area contributed by atoms with E-state index in [-0.39, 0.29) is 72.8 Å². The second-order valence-corrected chi connectivity index (χ2v) is 16.0. The van der Waals surface area contributed by atoms with E-state index in [9.17, 15) is 24.0 Å². The highest BCUT2D eigenvalue weighted by molar-refractivity contribution is 5.87.